The SMILES string of the molecule is CCc1ccc(N2C(=O)/C(=C/c3ccc(OCc4ccc(I)cc4)cc3)C(=O)NC2=S)cc1. The van der Waals surface area contributed by atoms with Gasteiger partial charge in [0, 0.05) is 3.57 Å². The van der Waals surface area contributed by atoms with Crippen molar-refractivity contribution in [1.29, 1.82) is 0 Å². The molecule has 7 heteroatoms. The molecule has 5 nitrogen and oxygen atoms in total. The minimum absolute atomic E-state index is 0.0238. The summed E-state index contributed by atoms with van der Waals surface area (Å²) in [5.41, 5.74) is 3.58. The van der Waals surface area contributed by atoms with Crippen LogP contribution in [0.5, 0.6) is 5.75 Å². The number of hydrogen-bond acceptors (Lipinski definition) is 4. The Morgan fingerprint density at radius 2 is 1.58 bits per heavy atom. The minimum atomic E-state index is -0.509. The van der Waals surface area contributed by atoms with Crippen LogP contribution in [0.3, 0.4) is 0 Å². The standard InChI is InChI=1S/C26H21IN2O3S/c1-2-17-5-11-21(12-6-17)29-25(31)23(24(30)28-26(29)33)15-18-7-13-22(14-8-18)32-16-19-3-9-20(27)10-4-19/h3-15H,2,16H2,1H3,(H,28,30,33)/b23-15+. The van der Waals surface area contributed by atoms with Crippen LogP contribution in [-0.4, -0.2) is 16.9 Å². The summed E-state index contributed by atoms with van der Waals surface area (Å²) in [6.07, 6.45) is 2.46. The molecule has 2 amide bonds. The second-order valence-electron chi connectivity index (χ2n) is 7.46. The molecule has 1 fully saturated rings. The Balaban J connectivity index is 1.50. The van der Waals surface area contributed by atoms with E-state index in [1.165, 1.54) is 8.47 Å². The Kier molecular flexibility index (Phi) is 7.20. The minimum Gasteiger partial charge on any atom is -0.489 e. The molecule has 33 heavy (non-hydrogen) atoms. The van der Waals surface area contributed by atoms with Gasteiger partial charge in [0.05, 0.1) is 5.69 Å². The second kappa shape index (κ2) is 10.3. The van der Waals surface area contributed by atoms with E-state index in [1.54, 1.807) is 6.08 Å². The number of nitrogens with zero attached hydrogens (tertiary/aromatic N) is 1. The molecule has 0 unspecified atom stereocenters. The zero-order valence-corrected chi connectivity index (χ0v) is 20.9. The summed E-state index contributed by atoms with van der Waals surface area (Å²) in [6.45, 7) is 2.52. The lowest BCUT2D eigenvalue weighted by molar-refractivity contribution is -0.122. The van der Waals surface area contributed by atoms with Crippen molar-refractivity contribution >= 4 is 63.5 Å². The largest absolute Gasteiger partial charge is 0.489 e. The average Bonchev–Trinajstić information content (AvgIpc) is 2.82. The van der Waals surface area contributed by atoms with Crippen LogP contribution in [0, 0.1) is 3.57 Å². The first-order valence-electron chi connectivity index (χ1n) is 10.4. The molecule has 0 bridgehead atoms. The van der Waals surface area contributed by atoms with Crippen molar-refractivity contribution in [2.45, 2.75) is 20.0 Å². The lowest BCUT2D eigenvalue weighted by Gasteiger charge is -2.29. The van der Waals surface area contributed by atoms with Gasteiger partial charge in [-0.05, 0) is 100 Å². The predicted octanol–water partition coefficient (Wildman–Crippen LogP) is 5.26. The van der Waals surface area contributed by atoms with Crippen molar-refractivity contribution in [3.63, 3.8) is 0 Å². The van der Waals surface area contributed by atoms with Crippen molar-refractivity contribution in [3.05, 3.63) is 98.6 Å². The van der Waals surface area contributed by atoms with Gasteiger partial charge in [-0.2, -0.15) is 0 Å². The highest BCUT2D eigenvalue weighted by atomic mass is 127. The van der Waals surface area contributed by atoms with E-state index < -0.39 is 11.8 Å². The first-order chi connectivity index (χ1) is 15.9. The highest BCUT2D eigenvalue weighted by Crippen LogP contribution is 2.23. The fourth-order valence-corrected chi connectivity index (χ4v) is 3.99. The zero-order valence-electron chi connectivity index (χ0n) is 17.9. The normalized spacial score (nSPS) is 15.0. The van der Waals surface area contributed by atoms with Gasteiger partial charge in [0.2, 0.25) is 0 Å². The number of halogens is 1. The lowest BCUT2D eigenvalue weighted by Crippen LogP contribution is -2.54. The molecule has 0 aliphatic carbocycles. The maximum absolute atomic E-state index is 13.1. The molecule has 0 aromatic heterocycles. The fourth-order valence-electron chi connectivity index (χ4n) is 3.35. The maximum Gasteiger partial charge on any atom is 0.270 e. The van der Waals surface area contributed by atoms with E-state index in [2.05, 4.69) is 34.8 Å². The molecular weight excluding hydrogens is 547 g/mol. The third kappa shape index (κ3) is 5.48. The van der Waals surface area contributed by atoms with Crippen LogP contribution in [0.25, 0.3) is 6.08 Å². The van der Waals surface area contributed by atoms with E-state index in [1.807, 2.05) is 72.8 Å². The summed E-state index contributed by atoms with van der Waals surface area (Å²) in [7, 11) is 0. The number of hydrogen-bond donors (Lipinski definition) is 1. The summed E-state index contributed by atoms with van der Waals surface area (Å²) in [6, 6.07) is 22.9. The maximum atomic E-state index is 13.1. The van der Waals surface area contributed by atoms with Gasteiger partial charge in [-0.15, -0.1) is 0 Å². The lowest BCUT2D eigenvalue weighted by atomic mass is 10.1. The number of amides is 2. The Morgan fingerprint density at radius 3 is 2.21 bits per heavy atom. The molecule has 3 aromatic rings. The Labute approximate surface area is 211 Å². The number of rotatable bonds is 6. The molecule has 0 atom stereocenters. The van der Waals surface area contributed by atoms with Gasteiger partial charge in [-0.25, -0.2) is 0 Å². The summed E-state index contributed by atoms with van der Waals surface area (Å²) >= 11 is 7.53. The molecule has 3 aromatic carbocycles. The van der Waals surface area contributed by atoms with Gasteiger partial charge in [-0.3, -0.25) is 19.8 Å². The van der Waals surface area contributed by atoms with E-state index in [0.717, 1.165) is 17.5 Å². The van der Waals surface area contributed by atoms with Crippen molar-refractivity contribution in [1.82, 2.24) is 5.32 Å². The van der Waals surface area contributed by atoms with Gasteiger partial charge in [-0.1, -0.05) is 43.3 Å². The summed E-state index contributed by atoms with van der Waals surface area (Å²) < 4.78 is 7.01. The third-order valence-corrected chi connectivity index (χ3v) is 6.22. The predicted molar refractivity (Wildman–Crippen MR) is 142 cm³/mol. The van der Waals surface area contributed by atoms with Crippen LogP contribution in [0.15, 0.2) is 78.4 Å². The summed E-state index contributed by atoms with van der Waals surface area (Å²) in [5.74, 6) is -0.258. The first kappa shape index (κ1) is 23.1. The average molecular weight is 568 g/mol. The monoisotopic (exact) mass is 568 g/mol. The van der Waals surface area contributed by atoms with Crippen LogP contribution < -0.4 is 15.0 Å². The smallest absolute Gasteiger partial charge is 0.270 e. The van der Waals surface area contributed by atoms with Crippen molar-refractivity contribution in [2.75, 3.05) is 4.90 Å². The molecule has 1 N–H and O–H groups in total. The summed E-state index contributed by atoms with van der Waals surface area (Å²) in [4.78, 5) is 27.0. The van der Waals surface area contributed by atoms with Crippen LogP contribution >= 0.6 is 34.8 Å². The highest BCUT2D eigenvalue weighted by Gasteiger charge is 2.34. The van der Waals surface area contributed by atoms with Gasteiger partial charge >= 0.3 is 0 Å². The number of anilines is 1. The Hall–Kier alpha value is -3.04. The number of ether oxygens (including phenoxy) is 1. The first-order valence-corrected chi connectivity index (χ1v) is 11.9. The molecule has 1 aliphatic rings. The molecular formula is C26H21IN2O3S. The van der Waals surface area contributed by atoms with E-state index in [0.29, 0.717) is 23.6 Å². The number of carbonyl (C=O) groups excluding carboxylic acids is 2. The van der Waals surface area contributed by atoms with Crippen LogP contribution in [0.4, 0.5) is 5.69 Å². The molecule has 1 aliphatic heterocycles. The Morgan fingerprint density at radius 1 is 0.939 bits per heavy atom. The van der Waals surface area contributed by atoms with Gasteiger partial charge in [0.25, 0.3) is 11.8 Å². The van der Waals surface area contributed by atoms with E-state index in [4.69, 9.17) is 17.0 Å². The van der Waals surface area contributed by atoms with Crippen molar-refractivity contribution in [3.8, 4) is 5.75 Å². The molecule has 0 saturated carbocycles. The number of nitrogens with one attached hydrogen (secondary N) is 1. The van der Waals surface area contributed by atoms with E-state index >= 15 is 0 Å². The van der Waals surface area contributed by atoms with Crippen LogP contribution in [-0.2, 0) is 22.6 Å². The fraction of sp³-hybridized carbons (Fsp3) is 0.115. The topological polar surface area (TPSA) is 58.6 Å². The molecule has 0 radical (unpaired) electrons. The number of benzene rings is 3. The molecule has 0 spiro atoms. The molecule has 1 saturated heterocycles. The van der Waals surface area contributed by atoms with Crippen LogP contribution in [0.1, 0.15) is 23.6 Å². The zero-order chi connectivity index (χ0) is 23.4. The van der Waals surface area contributed by atoms with Gasteiger partial charge < -0.3 is 4.74 Å². The van der Waals surface area contributed by atoms with Crippen molar-refractivity contribution in [2.24, 2.45) is 0 Å². The third-order valence-electron chi connectivity index (χ3n) is 5.21. The van der Waals surface area contributed by atoms with Crippen molar-refractivity contribution < 1.29 is 14.3 Å². The van der Waals surface area contributed by atoms with E-state index in [-0.39, 0.29) is 10.7 Å². The second-order valence-corrected chi connectivity index (χ2v) is 9.09. The summed E-state index contributed by atoms with van der Waals surface area (Å²) in [5, 5.41) is 2.69. The number of thiocarbonyl (C=S) groups is 1. The quantitative estimate of drug-likeness (QED) is 0.191. The number of aryl methyl sites for hydroxylation is 1. The highest BCUT2D eigenvalue weighted by molar-refractivity contribution is 14.1. The Bertz CT molecular complexity index is 1220. The molecule has 166 valence electrons. The molecule has 1 heterocycles. The van der Waals surface area contributed by atoms with Gasteiger partial charge in [0.1, 0.15) is 17.9 Å². The van der Waals surface area contributed by atoms with E-state index in [9.17, 15) is 9.59 Å². The van der Waals surface area contributed by atoms with Crippen LogP contribution in [0.2, 0.25) is 0 Å². The van der Waals surface area contributed by atoms with Gasteiger partial charge in [0.15, 0.2) is 5.11 Å². The number of carbonyl (C=O) groups is 2. The molecule has 4 rings (SSSR count).